The van der Waals surface area contributed by atoms with Crippen molar-refractivity contribution in [3.63, 3.8) is 0 Å². The van der Waals surface area contributed by atoms with Crippen LogP contribution in [0.5, 0.6) is 0 Å². The van der Waals surface area contributed by atoms with Crippen LogP contribution in [-0.4, -0.2) is 15.0 Å². The van der Waals surface area contributed by atoms with Gasteiger partial charge in [-0.2, -0.15) is 0 Å². The van der Waals surface area contributed by atoms with Gasteiger partial charge in [0.15, 0.2) is 5.58 Å². The molecule has 44 heavy (non-hydrogen) atoms. The molecular formula is C39H33IrN3O-2. The van der Waals surface area contributed by atoms with Gasteiger partial charge in [0.1, 0.15) is 5.58 Å². The zero-order valence-corrected chi connectivity index (χ0v) is 27.7. The minimum absolute atomic E-state index is 0. The Morgan fingerprint density at radius 1 is 0.682 bits per heavy atom. The van der Waals surface area contributed by atoms with E-state index in [2.05, 4.69) is 90.3 Å². The van der Waals surface area contributed by atoms with E-state index in [1.54, 1.807) is 12.4 Å². The number of furan rings is 1. The summed E-state index contributed by atoms with van der Waals surface area (Å²) in [6.45, 7) is 8.77. The van der Waals surface area contributed by atoms with Crippen LogP contribution in [0.3, 0.4) is 0 Å². The second-order valence-corrected chi connectivity index (χ2v) is 11.9. The first-order valence-electron chi connectivity index (χ1n) is 14.5. The second-order valence-electron chi connectivity index (χ2n) is 11.9. The Hall–Kier alpha value is -4.44. The molecule has 0 spiro atoms. The van der Waals surface area contributed by atoms with Crippen LogP contribution in [-0.2, 0) is 26.5 Å². The zero-order valence-electron chi connectivity index (χ0n) is 25.3. The van der Waals surface area contributed by atoms with Gasteiger partial charge in [-0.1, -0.05) is 88.5 Å². The summed E-state index contributed by atoms with van der Waals surface area (Å²) in [5.74, 6) is 0. The number of pyridine rings is 3. The van der Waals surface area contributed by atoms with Crippen LogP contribution in [0.15, 0.2) is 120 Å². The molecule has 0 fully saturated rings. The van der Waals surface area contributed by atoms with Crippen molar-refractivity contribution in [2.45, 2.75) is 34.1 Å². The summed E-state index contributed by atoms with van der Waals surface area (Å²) in [4.78, 5) is 13.2. The van der Waals surface area contributed by atoms with Gasteiger partial charge >= 0.3 is 0 Å². The van der Waals surface area contributed by atoms with Gasteiger partial charge in [-0.05, 0) is 57.7 Å². The third-order valence-electron chi connectivity index (χ3n) is 7.22. The predicted octanol–water partition coefficient (Wildman–Crippen LogP) is 9.95. The van der Waals surface area contributed by atoms with E-state index in [1.807, 2.05) is 67.7 Å². The van der Waals surface area contributed by atoms with Gasteiger partial charge in [0.25, 0.3) is 0 Å². The molecule has 0 atom stereocenters. The van der Waals surface area contributed by atoms with Crippen LogP contribution < -0.4 is 0 Å². The second kappa shape index (κ2) is 13.5. The summed E-state index contributed by atoms with van der Waals surface area (Å²) in [5, 5.41) is 2.18. The molecule has 1 radical (unpaired) electrons. The Labute approximate surface area is 272 Å². The van der Waals surface area contributed by atoms with Crippen molar-refractivity contribution in [1.82, 2.24) is 15.0 Å². The molecule has 0 saturated carbocycles. The van der Waals surface area contributed by atoms with Gasteiger partial charge < -0.3 is 19.4 Å². The Balaban J connectivity index is 0.000000172. The molecule has 4 heterocycles. The van der Waals surface area contributed by atoms with Crippen molar-refractivity contribution in [2.24, 2.45) is 5.41 Å². The molecular weight excluding hydrogens is 719 g/mol. The molecule has 7 rings (SSSR count). The Morgan fingerprint density at radius 3 is 2.23 bits per heavy atom. The molecule has 5 heteroatoms. The number of aryl methyl sites for hydroxylation is 1. The number of rotatable bonds is 4. The van der Waals surface area contributed by atoms with Crippen molar-refractivity contribution in [1.29, 1.82) is 0 Å². The number of fused-ring (bicyclic) bond motifs is 3. The number of hydrogen-bond donors (Lipinski definition) is 0. The normalized spacial score (nSPS) is 11.1. The molecule has 0 bridgehead atoms. The fraction of sp³-hybridized carbons (Fsp3) is 0.154. The SMILES string of the molecule is CC(C)(C)Cc1ccc(-c2ccnc(-c3[c-]cccc3)c2)cc1.Cc1ncc[c-]c1-c1cc2c(cn1)oc1ccccc12.[Ir]. The molecule has 4 nitrogen and oxygen atoms in total. The van der Waals surface area contributed by atoms with Crippen molar-refractivity contribution >= 4 is 21.9 Å². The third kappa shape index (κ3) is 7.19. The topological polar surface area (TPSA) is 51.8 Å². The third-order valence-corrected chi connectivity index (χ3v) is 7.22. The first-order chi connectivity index (χ1) is 20.8. The van der Waals surface area contributed by atoms with E-state index < -0.39 is 0 Å². The van der Waals surface area contributed by atoms with Crippen LogP contribution in [0, 0.1) is 24.5 Å². The maximum Gasteiger partial charge on any atom is 0.151 e. The average molecular weight is 752 g/mol. The molecule has 0 amide bonds. The van der Waals surface area contributed by atoms with Gasteiger partial charge in [0.05, 0.1) is 6.20 Å². The van der Waals surface area contributed by atoms with E-state index in [4.69, 9.17) is 4.42 Å². The van der Waals surface area contributed by atoms with E-state index in [1.165, 1.54) is 16.7 Å². The smallest absolute Gasteiger partial charge is 0.151 e. The van der Waals surface area contributed by atoms with E-state index in [0.29, 0.717) is 5.41 Å². The van der Waals surface area contributed by atoms with E-state index >= 15 is 0 Å². The fourth-order valence-electron chi connectivity index (χ4n) is 5.20. The summed E-state index contributed by atoms with van der Waals surface area (Å²) in [5.41, 5.74) is 10.5. The van der Waals surface area contributed by atoms with Crippen molar-refractivity contribution in [2.75, 3.05) is 0 Å². The minimum Gasteiger partial charge on any atom is -0.455 e. The van der Waals surface area contributed by atoms with Gasteiger partial charge in [0.2, 0.25) is 0 Å². The number of aromatic nitrogens is 3. The standard InChI is InChI=1S/C22H22N.C17H11N2O.Ir/c1-22(2,3)16-17-9-11-18(12-10-17)20-13-14-23-21(15-20)19-7-5-4-6-8-19;1-11-12(6-4-8-18-11)15-9-14-13-5-2-3-7-16(13)20-17(14)10-19-15;/h4-7,9-15H,16H2,1-3H3;2-5,7-10H,1H3;/q2*-1;. The molecule has 0 aliphatic rings. The summed E-state index contributed by atoms with van der Waals surface area (Å²) in [7, 11) is 0. The van der Waals surface area contributed by atoms with Gasteiger partial charge in [-0.15, -0.1) is 53.6 Å². The monoisotopic (exact) mass is 752 g/mol. The first-order valence-corrected chi connectivity index (χ1v) is 14.5. The Kier molecular flexibility index (Phi) is 9.49. The van der Waals surface area contributed by atoms with Crippen molar-refractivity contribution in [3.05, 3.63) is 139 Å². The summed E-state index contributed by atoms with van der Waals surface area (Å²) >= 11 is 0. The molecule has 7 aromatic rings. The summed E-state index contributed by atoms with van der Waals surface area (Å²) < 4.78 is 5.79. The first kappa shape index (κ1) is 31.0. The van der Waals surface area contributed by atoms with E-state index in [9.17, 15) is 0 Å². The van der Waals surface area contributed by atoms with E-state index in [-0.39, 0.29) is 20.1 Å². The van der Waals surface area contributed by atoms with Crippen LogP contribution in [0.25, 0.3) is 55.6 Å². The maximum absolute atomic E-state index is 5.79. The number of para-hydroxylation sites is 1. The Bertz CT molecular complexity index is 1990. The fourth-order valence-corrected chi connectivity index (χ4v) is 5.20. The van der Waals surface area contributed by atoms with Gasteiger partial charge in [-0.3, -0.25) is 0 Å². The van der Waals surface area contributed by atoms with Crippen LogP contribution in [0.2, 0.25) is 0 Å². The van der Waals surface area contributed by atoms with Crippen LogP contribution in [0.1, 0.15) is 32.0 Å². The Morgan fingerprint density at radius 2 is 1.48 bits per heavy atom. The number of hydrogen-bond acceptors (Lipinski definition) is 4. The molecule has 3 aromatic carbocycles. The molecule has 0 aliphatic heterocycles. The van der Waals surface area contributed by atoms with Crippen LogP contribution >= 0.6 is 0 Å². The summed E-state index contributed by atoms with van der Waals surface area (Å²) in [6, 6.07) is 39.3. The quantitative estimate of drug-likeness (QED) is 0.168. The molecule has 4 aromatic heterocycles. The predicted molar refractivity (Wildman–Crippen MR) is 175 cm³/mol. The molecule has 0 unspecified atom stereocenters. The number of nitrogens with zero attached hydrogens (tertiary/aromatic N) is 3. The molecule has 221 valence electrons. The zero-order chi connectivity index (χ0) is 29.8. The van der Waals surface area contributed by atoms with Crippen LogP contribution in [0.4, 0.5) is 0 Å². The van der Waals surface area contributed by atoms with E-state index in [0.717, 1.165) is 56.6 Å². The number of benzene rings is 3. The molecule has 0 N–H and O–H groups in total. The van der Waals surface area contributed by atoms with Gasteiger partial charge in [0, 0.05) is 37.1 Å². The van der Waals surface area contributed by atoms with Crippen molar-refractivity contribution in [3.8, 4) is 33.6 Å². The average Bonchev–Trinajstić information content (AvgIpc) is 3.40. The van der Waals surface area contributed by atoms with Gasteiger partial charge in [-0.25, -0.2) is 0 Å². The minimum atomic E-state index is 0. The largest absolute Gasteiger partial charge is 0.455 e. The van der Waals surface area contributed by atoms with Crippen molar-refractivity contribution < 1.29 is 24.5 Å². The summed E-state index contributed by atoms with van der Waals surface area (Å²) in [6.07, 6.45) is 6.47. The molecule has 0 aliphatic carbocycles. The molecule has 0 saturated heterocycles. The maximum atomic E-state index is 5.79.